The van der Waals surface area contributed by atoms with Gasteiger partial charge < -0.3 is 15.0 Å². The van der Waals surface area contributed by atoms with Gasteiger partial charge in [0.15, 0.2) is 0 Å². The van der Waals surface area contributed by atoms with Gasteiger partial charge in [0.1, 0.15) is 5.82 Å². The number of nitrogens with one attached hydrogen (secondary N) is 1. The summed E-state index contributed by atoms with van der Waals surface area (Å²) in [6.07, 6.45) is 5.54. The van der Waals surface area contributed by atoms with E-state index >= 15 is 0 Å². The minimum Gasteiger partial charge on any atom is -0.396 e. The van der Waals surface area contributed by atoms with Gasteiger partial charge in [0, 0.05) is 25.8 Å². The summed E-state index contributed by atoms with van der Waals surface area (Å²) in [4.78, 5) is 17.0. The van der Waals surface area contributed by atoms with Crippen molar-refractivity contribution >= 4 is 11.7 Å². The van der Waals surface area contributed by atoms with Crippen LogP contribution in [0.25, 0.3) is 0 Å². The molecular formula is C13H20N2O2. The summed E-state index contributed by atoms with van der Waals surface area (Å²) < 4.78 is 0. The molecule has 17 heavy (non-hydrogen) atoms. The first kappa shape index (κ1) is 12.2. The third kappa shape index (κ3) is 2.69. The minimum absolute atomic E-state index is 0.117. The number of nitrogens with zero attached hydrogens (tertiary/aromatic N) is 1. The molecule has 0 radical (unpaired) electrons. The average Bonchev–Trinajstić information content (AvgIpc) is 2.91. The number of rotatable bonds is 3. The number of anilines is 1. The number of amides is 1. The molecule has 2 N–H and O–H groups in total. The SMILES string of the molecule is CN(C(=O)C1CCC(CO)CC1)c1ccc[nH]1. The maximum Gasteiger partial charge on any atom is 0.230 e. The topological polar surface area (TPSA) is 56.3 Å². The summed E-state index contributed by atoms with van der Waals surface area (Å²) in [7, 11) is 1.81. The van der Waals surface area contributed by atoms with E-state index in [-0.39, 0.29) is 18.4 Å². The molecule has 0 aliphatic heterocycles. The van der Waals surface area contributed by atoms with E-state index < -0.39 is 0 Å². The second-order valence-corrected chi connectivity index (χ2v) is 4.85. The third-order valence-electron chi connectivity index (χ3n) is 3.73. The van der Waals surface area contributed by atoms with Crippen LogP contribution >= 0.6 is 0 Å². The highest BCUT2D eigenvalue weighted by Gasteiger charge is 2.28. The van der Waals surface area contributed by atoms with Gasteiger partial charge in [0.2, 0.25) is 5.91 Å². The molecule has 2 rings (SSSR count). The molecule has 1 aromatic rings. The second-order valence-electron chi connectivity index (χ2n) is 4.85. The molecule has 0 spiro atoms. The van der Waals surface area contributed by atoms with E-state index in [1.165, 1.54) is 0 Å². The fourth-order valence-corrected chi connectivity index (χ4v) is 2.51. The summed E-state index contributed by atoms with van der Waals surface area (Å²) in [5.41, 5.74) is 0. The Balaban J connectivity index is 1.93. The number of aromatic nitrogens is 1. The predicted octanol–water partition coefficient (Wildman–Crippen LogP) is 1.78. The van der Waals surface area contributed by atoms with Crippen molar-refractivity contribution in [2.75, 3.05) is 18.6 Å². The maximum atomic E-state index is 12.2. The molecular weight excluding hydrogens is 216 g/mol. The molecule has 1 saturated carbocycles. The number of hydrogen-bond acceptors (Lipinski definition) is 2. The Labute approximate surface area is 102 Å². The van der Waals surface area contributed by atoms with Gasteiger partial charge >= 0.3 is 0 Å². The van der Waals surface area contributed by atoms with E-state index in [2.05, 4.69) is 4.98 Å². The van der Waals surface area contributed by atoms with Crippen molar-refractivity contribution in [3.63, 3.8) is 0 Å². The molecule has 0 saturated heterocycles. The standard InChI is InChI=1S/C13H20N2O2/c1-15(12-3-2-8-14-12)13(17)11-6-4-10(9-16)5-7-11/h2-3,8,10-11,14,16H,4-7,9H2,1H3. The highest BCUT2D eigenvalue weighted by Crippen LogP contribution is 2.30. The van der Waals surface area contributed by atoms with Crippen molar-refractivity contribution in [2.45, 2.75) is 25.7 Å². The summed E-state index contributed by atoms with van der Waals surface area (Å²) >= 11 is 0. The number of carbonyl (C=O) groups is 1. The van der Waals surface area contributed by atoms with E-state index in [9.17, 15) is 4.79 Å². The number of H-pyrrole nitrogens is 1. The highest BCUT2D eigenvalue weighted by molar-refractivity contribution is 5.93. The van der Waals surface area contributed by atoms with Crippen LogP contribution in [0.15, 0.2) is 18.3 Å². The molecule has 1 amide bonds. The molecule has 4 heteroatoms. The van der Waals surface area contributed by atoms with Gasteiger partial charge in [-0.15, -0.1) is 0 Å². The Morgan fingerprint density at radius 1 is 1.47 bits per heavy atom. The zero-order valence-corrected chi connectivity index (χ0v) is 10.2. The normalized spacial score (nSPS) is 24.6. The predicted molar refractivity (Wildman–Crippen MR) is 66.7 cm³/mol. The van der Waals surface area contributed by atoms with Crippen molar-refractivity contribution in [1.29, 1.82) is 0 Å². The van der Waals surface area contributed by atoms with Crippen molar-refractivity contribution < 1.29 is 9.90 Å². The lowest BCUT2D eigenvalue weighted by atomic mass is 9.82. The van der Waals surface area contributed by atoms with Gasteiger partial charge in [0.05, 0.1) is 0 Å². The lowest BCUT2D eigenvalue weighted by molar-refractivity contribution is -0.123. The van der Waals surface area contributed by atoms with E-state index in [0.717, 1.165) is 31.5 Å². The number of aromatic amines is 1. The molecule has 0 atom stereocenters. The number of aliphatic hydroxyl groups excluding tert-OH is 1. The first-order chi connectivity index (χ1) is 8.22. The van der Waals surface area contributed by atoms with Gasteiger partial charge in [-0.25, -0.2) is 0 Å². The van der Waals surface area contributed by atoms with Crippen LogP contribution in [-0.2, 0) is 4.79 Å². The fourth-order valence-electron chi connectivity index (χ4n) is 2.51. The Kier molecular flexibility index (Phi) is 3.84. The molecule has 0 bridgehead atoms. The van der Waals surface area contributed by atoms with E-state index in [1.54, 1.807) is 4.90 Å². The lowest BCUT2D eigenvalue weighted by Gasteiger charge is -2.29. The van der Waals surface area contributed by atoms with Gasteiger partial charge in [-0.05, 0) is 43.7 Å². The van der Waals surface area contributed by atoms with Crippen LogP contribution in [0.3, 0.4) is 0 Å². The third-order valence-corrected chi connectivity index (χ3v) is 3.73. The maximum absolute atomic E-state index is 12.2. The molecule has 1 aliphatic carbocycles. The van der Waals surface area contributed by atoms with Crippen LogP contribution in [0.1, 0.15) is 25.7 Å². The smallest absolute Gasteiger partial charge is 0.230 e. The highest BCUT2D eigenvalue weighted by atomic mass is 16.3. The molecule has 1 aliphatic rings. The van der Waals surface area contributed by atoms with Gasteiger partial charge in [-0.3, -0.25) is 4.79 Å². The van der Waals surface area contributed by atoms with Crippen molar-refractivity contribution in [3.05, 3.63) is 18.3 Å². The Bertz CT molecular complexity index is 354. The minimum atomic E-state index is 0.117. The second kappa shape index (κ2) is 5.36. The Morgan fingerprint density at radius 2 is 2.18 bits per heavy atom. The quantitative estimate of drug-likeness (QED) is 0.840. The van der Waals surface area contributed by atoms with Gasteiger partial charge in [-0.1, -0.05) is 0 Å². The summed E-state index contributed by atoms with van der Waals surface area (Å²) in [5, 5.41) is 9.07. The molecule has 94 valence electrons. The van der Waals surface area contributed by atoms with Gasteiger partial charge in [-0.2, -0.15) is 0 Å². The van der Waals surface area contributed by atoms with Crippen LogP contribution in [0.4, 0.5) is 5.82 Å². The number of carbonyl (C=O) groups excluding carboxylic acids is 1. The van der Waals surface area contributed by atoms with Gasteiger partial charge in [0.25, 0.3) is 0 Å². The van der Waals surface area contributed by atoms with Crippen LogP contribution in [0.2, 0.25) is 0 Å². The van der Waals surface area contributed by atoms with Crippen LogP contribution < -0.4 is 4.90 Å². The molecule has 0 aromatic carbocycles. The largest absolute Gasteiger partial charge is 0.396 e. The van der Waals surface area contributed by atoms with Crippen molar-refractivity contribution in [1.82, 2.24) is 4.98 Å². The van der Waals surface area contributed by atoms with Crippen molar-refractivity contribution in [3.8, 4) is 0 Å². The van der Waals surface area contributed by atoms with E-state index in [1.807, 2.05) is 25.4 Å². The average molecular weight is 236 g/mol. The summed E-state index contributed by atoms with van der Waals surface area (Å²) in [5.74, 6) is 1.55. The first-order valence-electron chi connectivity index (χ1n) is 6.24. The van der Waals surface area contributed by atoms with Crippen molar-refractivity contribution in [2.24, 2.45) is 11.8 Å². The Morgan fingerprint density at radius 3 is 2.71 bits per heavy atom. The number of aliphatic hydroxyl groups is 1. The lowest BCUT2D eigenvalue weighted by Crippen LogP contribution is -2.35. The monoisotopic (exact) mass is 236 g/mol. The summed E-state index contributed by atoms with van der Waals surface area (Å²) in [6.45, 7) is 0.257. The molecule has 4 nitrogen and oxygen atoms in total. The van der Waals surface area contributed by atoms with Crippen LogP contribution in [0.5, 0.6) is 0 Å². The number of hydrogen-bond donors (Lipinski definition) is 2. The summed E-state index contributed by atoms with van der Waals surface area (Å²) in [6, 6.07) is 3.79. The van der Waals surface area contributed by atoms with E-state index in [0.29, 0.717) is 5.92 Å². The molecule has 1 aromatic heterocycles. The zero-order chi connectivity index (χ0) is 12.3. The Hall–Kier alpha value is -1.29. The molecule has 1 heterocycles. The fraction of sp³-hybridized carbons (Fsp3) is 0.615. The first-order valence-corrected chi connectivity index (χ1v) is 6.24. The van der Waals surface area contributed by atoms with E-state index in [4.69, 9.17) is 5.11 Å². The zero-order valence-electron chi connectivity index (χ0n) is 10.2. The van der Waals surface area contributed by atoms with Crippen LogP contribution in [-0.4, -0.2) is 29.7 Å². The molecule has 0 unspecified atom stereocenters. The molecule has 1 fully saturated rings. The van der Waals surface area contributed by atoms with Crippen LogP contribution in [0, 0.1) is 11.8 Å².